The fourth-order valence-corrected chi connectivity index (χ4v) is 3.89. The summed E-state index contributed by atoms with van der Waals surface area (Å²) in [5.74, 6) is -1.15. The largest absolute Gasteiger partial charge is 0.481 e. The third-order valence-electron chi connectivity index (χ3n) is 4.54. The van der Waals surface area contributed by atoms with Crippen LogP contribution in [-0.4, -0.2) is 59.0 Å². The van der Waals surface area contributed by atoms with E-state index in [2.05, 4.69) is 9.71 Å². The minimum absolute atomic E-state index is 0.0261. The van der Waals surface area contributed by atoms with E-state index in [0.717, 1.165) is 0 Å². The molecule has 1 aromatic rings. The SMILES string of the molecule is Cc1nc(S(=O)(=O)NCCC(=O)N2CC(C(=O)O)CCC2C)cn1C. The molecule has 10 heteroatoms. The highest BCUT2D eigenvalue weighted by Crippen LogP contribution is 2.22. The van der Waals surface area contributed by atoms with Crippen LogP contribution in [0.25, 0.3) is 0 Å². The van der Waals surface area contributed by atoms with E-state index in [-0.39, 0.29) is 36.5 Å². The van der Waals surface area contributed by atoms with E-state index in [0.29, 0.717) is 18.7 Å². The highest BCUT2D eigenvalue weighted by atomic mass is 32.2. The van der Waals surface area contributed by atoms with Crippen molar-refractivity contribution in [1.82, 2.24) is 19.2 Å². The van der Waals surface area contributed by atoms with Crippen LogP contribution in [0.3, 0.4) is 0 Å². The van der Waals surface area contributed by atoms with E-state index in [4.69, 9.17) is 5.11 Å². The zero-order valence-electron chi connectivity index (χ0n) is 14.6. The maximum absolute atomic E-state index is 12.3. The molecule has 2 unspecified atom stereocenters. The van der Waals surface area contributed by atoms with Crippen LogP contribution in [0, 0.1) is 12.8 Å². The first kappa shape index (κ1) is 19.4. The molecule has 140 valence electrons. The predicted molar refractivity (Wildman–Crippen MR) is 89.3 cm³/mol. The Balaban J connectivity index is 1.92. The number of amides is 1. The molecule has 25 heavy (non-hydrogen) atoms. The summed E-state index contributed by atoms with van der Waals surface area (Å²) in [6.45, 7) is 3.68. The fraction of sp³-hybridized carbons (Fsp3) is 0.667. The molecule has 0 aliphatic carbocycles. The van der Waals surface area contributed by atoms with Gasteiger partial charge in [0.25, 0.3) is 10.0 Å². The van der Waals surface area contributed by atoms with E-state index in [9.17, 15) is 18.0 Å². The molecule has 0 radical (unpaired) electrons. The van der Waals surface area contributed by atoms with Gasteiger partial charge in [-0.1, -0.05) is 0 Å². The number of aromatic nitrogens is 2. The fourth-order valence-electron chi connectivity index (χ4n) is 2.82. The molecule has 1 saturated heterocycles. The minimum atomic E-state index is -3.77. The molecule has 1 aliphatic rings. The van der Waals surface area contributed by atoms with Crippen LogP contribution in [0.5, 0.6) is 0 Å². The van der Waals surface area contributed by atoms with Crippen molar-refractivity contribution >= 4 is 21.9 Å². The molecule has 1 amide bonds. The van der Waals surface area contributed by atoms with Gasteiger partial charge in [-0.2, -0.15) is 0 Å². The Morgan fingerprint density at radius 2 is 2.08 bits per heavy atom. The van der Waals surface area contributed by atoms with E-state index < -0.39 is 21.9 Å². The van der Waals surface area contributed by atoms with Gasteiger partial charge in [0.15, 0.2) is 5.03 Å². The molecule has 0 bridgehead atoms. The average molecular weight is 372 g/mol. The number of aliphatic carboxylic acids is 1. The maximum Gasteiger partial charge on any atom is 0.308 e. The summed E-state index contributed by atoms with van der Waals surface area (Å²) in [5, 5.41) is 9.03. The normalized spacial score (nSPS) is 21.3. The number of sulfonamides is 1. The Hall–Kier alpha value is -1.94. The number of likely N-dealkylation sites (tertiary alicyclic amines) is 1. The number of aryl methyl sites for hydroxylation is 2. The van der Waals surface area contributed by atoms with Crippen LogP contribution in [0.2, 0.25) is 0 Å². The number of carbonyl (C=O) groups excluding carboxylic acids is 1. The Kier molecular flexibility index (Phi) is 5.83. The number of piperidine rings is 1. The van der Waals surface area contributed by atoms with Crippen molar-refractivity contribution in [2.45, 2.75) is 44.2 Å². The lowest BCUT2D eigenvalue weighted by molar-refractivity contribution is -0.147. The number of hydrogen-bond acceptors (Lipinski definition) is 5. The number of nitrogens with one attached hydrogen (secondary N) is 1. The van der Waals surface area contributed by atoms with Gasteiger partial charge in [0.1, 0.15) is 5.82 Å². The molecule has 0 spiro atoms. The van der Waals surface area contributed by atoms with Crippen molar-refractivity contribution in [3.05, 3.63) is 12.0 Å². The van der Waals surface area contributed by atoms with Gasteiger partial charge in [0.2, 0.25) is 5.91 Å². The van der Waals surface area contributed by atoms with Crippen molar-refractivity contribution in [3.8, 4) is 0 Å². The lowest BCUT2D eigenvalue weighted by atomic mass is 9.93. The number of imidazole rings is 1. The second-order valence-corrected chi connectivity index (χ2v) is 8.11. The van der Waals surface area contributed by atoms with Gasteiger partial charge in [0, 0.05) is 38.8 Å². The molecule has 2 N–H and O–H groups in total. The number of hydrogen-bond donors (Lipinski definition) is 2. The Morgan fingerprint density at radius 1 is 1.40 bits per heavy atom. The van der Waals surface area contributed by atoms with Gasteiger partial charge in [-0.3, -0.25) is 9.59 Å². The second-order valence-electron chi connectivity index (χ2n) is 6.39. The Morgan fingerprint density at radius 3 is 2.64 bits per heavy atom. The maximum atomic E-state index is 12.3. The van der Waals surface area contributed by atoms with Crippen LogP contribution in [-0.2, 0) is 26.7 Å². The molecule has 2 rings (SSSR count). The molecule has 0 saturated carbocycles. The Labute approximate surface area is 147 Å². The zero-order chi connectivity index (χ0) is 18.8. The Bertz CT molecular complexity index is 738. The van der Waals surface area contributed by atoms with Crippen molar-refractivity contribution < 1.29 is 23.1 Å². The summed E-state index contributed by atoms with van der Waals surface area (Å²) >= 11 is 0. The average Bonchev–Trinajstić information content (AvgIpc) is 2.87. The first-order valence-corrected chi connectivity index (χ1v) is 9.62. The lowest BCUT2D eigenvalue weighted by Crippen LogP contribution is -2.48. The van der Waals surface area contributed by atoms with Gasteiger partial charge in [-0.25, -0.2) is 18.1 Å². The number of rotatable bonds is 6. The van der Waals surface area contributed by atoms with Crippen molar-refractivity contribution in [1.29, 1.82) is 0 Å². The smallest absolute Gasteiger partial charge is 0.308 e. The third-order valence-corrected chi connectivity index (χ3v) is 5.88. The number of carboxylic acid groups (broad SMARTS) is 1. The predicted octanol–water partition coefficient (Wildman–Crippen LogP) is 0.109. The van der Waals surface area contributed by atoms with Crippen molar-refractivity contribution in [2.24, 2.45) is 13.0 Å². The van der Waals surface area contributed by atoms with Gasteiger partial charge >= 0.3 is 5.97 Å². The number of carboxylic acids is 1. The second kappa shape index (κ2) is 7.52. The summed E-state index contributed by atoms with van der Waals surface area (Å²) in [7, 11) is -2.08. The summed E-state index contributed by atoms with van der Waals surface area (Å²) in [5.41, 5.74) is 0. The van der Waals surface area contributed by atoms with Crippen LogP contribution >= 0.6 is 0 Å². The van der Waals surface area contributed by atoms with E-state index >= 15 is 0 Å². The minimum Gasteiger partial charge on any atom is -0.481 e. The van der Waals surface area contributed by atoms with Crippen LogP contribution in [0.15, 0.2) is 11.2 Å². The first-order chi connectivity index (χ1) is 11.6. The monoisotopic (exact) mass is 372 g/mol. The molecule has 9 nitrogen and oxygen atoms in total. The molecule has 1 fully saturated rings. The van der Waals surface area contributed by atoms with Crippen LogP contribution < -0.4 is 4.72 Å². The molecule has 1 aliphatic heterocycles. The van der Waals surface area contributed by atoms with Crippen LogP contribution in [0.4, 0.5) is 0 Å². The summed E-state index contributed by atoms with van der Waals surface area (Å²) in [6.07, 6.45) is 2.55. The summed E-state index contributed by atoms with van der Waals surface area (Å²) in [4.78, 5) is 29.0. The van der Waals surface area contributed by atoms with Crippen molar-refractivity contribution in [2.75, 3.05) is 13.1 Å². The first-order valence-electron chi connectivity index (χ1n) is 8.13. The van der Waals surface area contributed by atoms with Gasteiger partial charge < -0.3 is 14.6 Å². The van der Waals surface area contributed by atoms with Gasteiger partial charge in [0.05, 0.1) is 5.92 Å². The van der Waals surface area contributed by atoms with E-state index in [1.165, 1.54) is 11.1 Å². The van der Waals surface area contributed by atoms with Gasteiger partial charge in [-0.15, -0.1) is 0 Å². The highest BCUT2D eigenvalue weighted by molar-refractivity contribution is 7.89. The summed E-state index contributed by atoms with van der Waals surface area (Å²) < 4.78 is 28.3. The molecule has 1 aromatic heterocycles. The number of nitrogens with zero attached hydrogens (tertiary/aromatic N) is 3. The van der Waals surface area contributed by atoms with E-state index in [1.807, 2.05) is 6.92 Å². The molecule has 0 aromatic carbocycles. The van der Waals surface area contributed by atoms with Crippen LogP contribution in [0.1, 0.15) is 32.0 Å². The van der Waals surface area contributed by atoms with E-state index in [1.54, 1.807) is 18.5 Å². The number of carbonyl (C=O) groups is 2. The topological polar surface area (TPSA) is 122 Å². The zero-order valence-corrected chi connectivity index (χ0v) is 15.4. The summed E-state index contributed by atoms with van der Waals surface area (Å²) in [6, 6.07) is -0.0434. The molecule has 2 heterocycles. The highest BCUT2D eigenvalue weighted by Gasteiger charge is 2.32. The van der Waals surface area contributed by atoms with Gasteiger partial charge in [-0.05, 0) is 26.7 Å². The van der Waals surface area contributed by atoms with Crippen molar-refractivity contribution in [3.63, 3.8) is 0 Å². The molecular formula is C15H24N4O5S. The molecular weight excluding hydrogens is 348 g/mol. The quantitative estimate of drug-likeness (QED) is 0.731. The lowest BCUT2D eigenvalue weighted by Gasteiger charge is -2.36. The standard InChI is InChI=1S/C15H24N4O5S/c1-10-4-5-12(15(21)22)8-19(10)14(20)6-7-16-25(23,24)13-9-18(3)11(2)17-13/h9-10,12,16H,4-8H2,1-3H3,(H,21,22). The third kappa shape index (κ3) is 4.57. The molecule has 2 atom stereocenters.